The molecular formula is C17H19ClN6S. The molecule has 0 saturated carbocycles. The molecule has 0 amide bonds. The molecule has 0 fully saturated rings. The predicted octanol–water partition coefficient (Wildman–Crippen LogP) is 4.15. The molecule has 25 heavy (non-hydrogen) atoms. The molecule has 6 nitrogen and oxygen atoms in total. The van der Waals surface area contributed by atoms with Crippen molar-refractivity contribution in [2.45, 2.75) is 34.1 Å². The van der Waals surface area contributed by atoms with E-state index in [0.29, 0.717) is 9.92 Å². The number of aromatic amines is 1. The maximum absolute atomic E-state index is 6.59. The molecule has 130 valence electrons. The molecule has 1 aromatic carbocycles. The molecule has 3 rings (SSSR count). The Hall–Kier alpha value is -2.25. The Morgan fingerprint density at radius 3 is 2.80 bits per heavy atom. The van der Waals surface area contributed by atoms with Gasteiger partial charge in [0.1, 0.15) is 5.15 Å². The van der Waals surface area contributed by atoms with E-state index in [4.69, 9.17) is 23.8 Å². The lowest BCUT2D eigenvalue weighted by molar-refractivity contribution is 0.780. The normalized spacial score (nSPS) is 11.6. The Bertz CT molecular complexity index is 1010. The second kappa shape index (κ2) is 6.93. The molecule has 0 bridgehead atoms. The van der Waals surface area contributed by atoms with Crippen LogP contribution in [0, 0.1) is 25.5 Å². The van der Waals surface area contributed by atoms with E-state index < -0.39 is 0 Å². The minimum Gasteiger partial charge on any atom is -0.250 e. The first kappa shape index (κ1) is 17.6. The summed E-state index contributed by atoms with van der Waals surface area (Å²) in [6.45, 7) is 7.98. The highest BCUT2D eigenvalue weighted by Crippen LogP contribution is 2.25. The number of hydrogen-bond acceptors (Lipinski definition) is 4. The number of nitrogens with one attached hydrogen (secondary N) is 1. The summed E-state index contributed by atoms with van der Waals surface area (Å²) in [7, 11) is 0. The summed E-state index contributed by atoms with van der Waals surface area (Å²) in [5, 5.41) is 16.4. The van der Waals surface area contributed by atoms with Gasteiger partial charge in [-0.15, -0.1) is 0 Å². The van der Waals surface area contributed by atoms with Crippen LogP contribution in [-0.4, -0.2) is 30.9 Å². The standard InChI is InChI=1S/C17H19ClN6S/c1-5-15-20-21-17(25)24(15)19-9-13-12(4)22-23(16(13)18)14-8-10(2)6-7-11(14)3/h6-9H,5H2,1-4H3,(H,21,25)/b19-9+. The van der Waals surface area contributed by atoms with Crippen LogP contribution < -0.4 is 0 Å². The molecule has 0 unspecified atom stereocenters. The number of aryl methyl sites for hydroxylation is 4. The van der Waals surface area contributed by atoms with E-state index in [9.17, 15) is 0 Å². The number of H-pyrrole nitrogens is 1. The summed E-state index contributed by atoms with van der Waals surface area (Å²) in [6, 6.07) is 6.19. The van der Waals surface area contributed by atoms with E-state index in [-0.39, 0.29) is 0 Å². The third-order valence-electron chi connectivity index (χ3n) is 3.98. The zero-order chi connectivity index (χ0) is 18.1. The van der Waals surface area contributed by atoms with Crippen molar-refractivity contribution in [3.8, 4) is 5.69 Å². The van der Waals surface area contributed by atoms with Crippen LogP contribution in [0.2, 0.25) is 5.15 Å². The number of rotatable bonds is 4. The third-order valence-corrected chi connectivity index (χ3v) is 4.60. The largest absolute Gasteiger partial charge is 0.250 e. The van der Waals surface area contributed by atoms with E-state index in [1.807, 2.05) is 27.7 Å². The summed E-state index contributed by atoms with van der Waals surface area (Å²) in [5.74, 6) is 0.761. The van der Waals surface area contributed by atoms with Crippen molar-refractivity contribution in [1.82, 2.24) is 24.7 Å². The number of aromatic nitrogens is 5. The summed E-state index contributed by atoms with van der Waals surface area (Å²) in [6.07, 6.45) is 2.40. The van der Waals surface area contributed by atoms with Gasteiger partial charge in [0.25, 0.3) is 0 Å². The van der Waals surface area contributed by atoms with Gasteiger partial charge in [-0.2, -0.15) is 20.0 Å². The molecule has 1 N–H and O–H groups in total. The van der Waals surface area contributed by atoms with Crippen LogP contribution in [0.4, 0.5) is 0 Å². The van der Waals surface area contributed by atoms with Gasteiger partial charge in [0.15, 0.2) is 5.82 Å². The van der Waals surface area contributed by atoms with Crippen LogP contribution in [0.1, 0.15) is 35.1 Å². The number of hydrogen-bond donors (Lipinski definition) is 1. The van der Waals surface area contributed by atoms with Gasteiger partial charge in [0.05, 0.1) is 23.2 Å². The van der Waals surface area contributed by atoms with Gasteiger partial charge in [-0.1, -0.05) is 30.7 Å². The molecule has 0 saturated heterocycles. The Labute approximate surface area is 156 Å². The van der Waals surface area contributed by atoms with Crippen molar-refractivity contribution in [3.05, 3.63) is 56.3 Å². The highest BCUT2D eigenvalue weighted by atomic mass is 35.5. The maximum Gasteiger partial charge on any atom is 0.216 e. The molecule has 0 aliphatic heterocycles. The van der Waals surface area contributed by atoms with Gasteiger partial charge in [-0.3, -0.25) is 5.10 Å². The topological polar surface area (TPSA) is 63.8 Å². The van der Waals surface area contributed by atoms with Crippen molar-refractivity contribution < 1.29 is 0 Å². The highest BCUT2D eigenvalue weighted by molar-refractivity contribution is 7.71. The molecule has 3 aromatic rings. The van der Waals surface area contributed by atoms with Gasteiger partial charge >= 0.3 is 0 Å². The van der Waals surface area contributed by atoms with Gasteiger partial charge < -0.3 is 0 Å². The fourth-order valence-corrected chi connectivity index (χ4v) is 3.07. The van der Waals surface area contributed by atoms with E-state index in [0.717, 1.165) is 40.3 Å². The second-order valence-electron chi connectivity index (χ2n) is 5.85. The second-order valence-corrected chi connectivity index (χ2v) is 6.59. The minimum atomic E-state index is 0.448. The average molecular weight is 375 g/mol. The van der Waals surface area contributed by atoms with Crippen molar-refractivity contribution >= 4 is 30.0 Å². The molecule has 0 aliphatic rings. The van der Waals surface area contributed by atoms with Gasteiger partial charge in [-0.05, 0) is 50.2 Å². The summed E-state index contributed by atoms with van der Waals surface area (Å²) in [4.78, 5) is 0. The zero-order valence-corrected chi connectivity index (χ0v) is 16.1. The van der Waals surface area contributed by atoms with Crippen molar-refractivity contribution in [1.29, 1.82) is 0 Å². The smallest absolute Gasteiger partial charge is 0.216 e. The lowest BCUT2D eigenvalue weighted by Crippen LogP contribution is -2.00. The monoisotopic (exact) mass is 374 g/mol. The first-order valence-corrected chi connectivity index (χ1v) is 8.74. The molecule has 2 aromatic heterocycles. The fraction of sp³-hybridized carbons (Fsp3) is 0.294. The quantitative estimate of drug-likeness (QED) is 0.551. The molecule has 0 aliphatic carbocycles. The van der Waals surface area contributed by atoms with E-state index in [2.05, 4.69) is 38.6 Å². The van der Waals surface area contributed by atoms with Crippen molar-refractivity contribution in [2.24, 2.45) is 5.10 Å². The van der Waals surface area contributed by atoms with Gasteiger partial charge in [0.2, 0.25) is 4.77 Å². The molecular weight excluding hydrogens is 356 g/mol. The van der Waals surface area contributed by atoms with E-state index in [1.165, 1.54) is 0 Å². The van der Waals surface area contributed by atoms with Crippen LogP contribution >= 0.6 is 23.8 Å². The first-order valence-electron chi connectivity index (χ1n) is 7.95. The number of nitrogens with zero attached hydrogens (tertiary/aromatic N) is 5. The van der Waals surface area contributed by atoms with E-state index in [1.54, 1.807) is 15.6 Å². The van der Waals surface area contributed by atoms with Crippen LogP contribution in [0.5, 0.6) is 0 Å². The fourth-order valence-electron chi connectivity index (χ4n) is 2.55. The molecule has 0 atom stereocenters. The van der Waals surface area contributed by atoms with Crippen molar-refractivity contribution in [2.75, 3.05) is 0 Å². The Kier molecular flexibility index (Phi) is 4.87. The van der Waals surface area contributed by atoms with Crippen molar-refractivity contribution in [3.63, 3.8) is 0 Å². The summed E-state index contributed by atoms with van der Waals surface area (Å²) >= 11 is 11.8. The zero-order valence-electron chi connectivity index (χ0n) is 14.5. The SMILES string of the molecule is CCc1n[nH]c(=S)n1/N=C/c1c(C)nn(-c2cc(C)ccc2C)c1Cl. The molecule has 0 radical (unpaired) electrons. The van der Waals surface area contributed by atoms with Crippen LogP contribution in [-0.2, 0) is 6.42 Å². The lowest BCUT2D eigenvalue weighted by atomic mass is 10.1. The van der Waals surface area contributed by atoms with Gasteiger partial charge in [-0.25, -0.2) is 4.68 Å². The van der Waals surface area contributed by atoms with Crippen LogP contribution in [0.25, 0.3) is 5.69 Å². The highest BCUT2D eigenvalue weighted by Gasteiger charge is 2.15. The van der Waals surface area contributed by atoms with Gasteiger partial charge in [0, 0.05) is 6.42 Å². The van der Waals surface area contributed by atoms with E-state index >= 15 is 0 Å². The number of benzene rings is 1. The molecule has 8 heteroatoms. The lowest BCUT2D eigenvalue weighted by Gasteiger charge is -2.08. The Morgan fingerprint density at radius 1 is 1.32 bits per heavy atom. The first-order chi connectivity index (χ1) is 11.9. The summed E-state index contributed by atoms with van der Waals surface area (Å²) in [5.41, 5.74) is 4.76. The Morgan fingerprint density at radius 2 is 2.08 bits per heavy atom. The molecule has 0 spiro atoms. The Balaban J connectivity index is 2.06. The van der Waals surface area contributed by atoms with Crippen LogP contribution in [0.15, 0.2) is 23.3 Å². The van der Waals surface area contributed by atoms with Crippen LogP contribution in [0.3, 0.4) is 0 Å². The average Bonchev–Trinajstić information content (AvgIpc) is 3.08. The summed E-state index contributed by atoms with van der Waals surface area (Å²) < 4.78 is 3.79. The third kappa shape index (κ3) is 3.29. The molecule has 2 heterocycles. The minimum absolute atomic E-state index is 0.448. The maximum atomic E-state index is 6.59. The predicted molar refractivity (Wildman–Crippen MR) is 103 cm³/mol. The number of halogens is 1.